The lowest BCUT2D eigenvalue weighted by molar-refractivity contribution is -0.154. The van der Waals surface area contributed by atoms with Crippen molar-refractivity contribution in [3.8, 4) is 0 Å². The van der Waals surface area contributed by atoms with Gasteiger partial charge < -0.3 is 25.2 Å². The summed E-state index contributed by atoms with van der Waals surface area (Å²) < 4.78 is 9.79. The van der Waals surface area contributed by atoms with Crippen LogP contribution in [0.15, 0.2) is 0 Å². The highest BCUT2D eigenvalue weighted by Gasteiger charge is 2.40. The molecule has 1 heterocycles. The molecule has 114 valence electrons. The van der Waals surface area contributed by atoms with E-state index in [0.29, 0.717) is 26.1 Å². The van der Waals surface area contributed by atoms with Crippen molar-refractivity contribution >= 4 is 18.0 Å². The van der Waals surface area contributed by atoms with Crippen molar-refractivity contribution in [2.45, 2.75) is 19.8 Å². The summed E-state index contributed by atoms with van der Waals surface area (Å²) in [5.41, 5.74) is -1.00. The number of carbonyl (C=O) groups is 3. The number of amides is 2. The second kappa shape index (κ2) is 7.68. The first kappa shape index (κ1) is 16.2. The van der Waals surface area contributed by atoms with Crippen LogP contribution in [0.5, 0.6) is 0 Å². The Morgan fingerprint density at radius 2 is 1.90 bits per heavy atom. The third-order valence-electron chi connectivity index (χ3n) is 3.19. The van der Waals surface area contributed by atoms with E-state index in [1.807, 2.05) is 0 Å². The Kier molecular flexibility index (Phi) is 6.23. The van der Waals surface area contributed by atoms with Crippen molar-refractivity contribution in [1.82, 2.24) is 10.6 Å². The smallest absolute Gasteiger partial charge is 0.325 e. The molecule has 0 aromatic rings. The van der Waals surface area contributed by atoms with Crippen LogP contribution in [0.4, 0.5) is 4.79 Å². The Labute approximate surface area is 116 Å². The minimum absolute atomic E-state index is 0.000349. The highest BCUT2D eigenvalue weighted by Crippen LogP contribution is 2.29. The standard InChI is InChI=1S/C12H20N2O6/c1-2-20-9(15)7-13-11(18)14-8-12(10(16)17)3-5-19-6-4-12/h2-8H2,1H3,(H,16,17)(H2,13,14,18). The van der Waals surface area contributed by atoms with E-state index in [4.69, 9.17) is 4.74 Å². The maximum absolute atomic E-state index is 11.5. The van der Waals surface area contributed by atoms with Crippen LogP contribution >= 0.6 is 0 Å². The average Bonchev–Trinajstić information content (AvgIpc) is 2.44. The Bertz CT molecular complexity index is 365. The number of hydrogen-bond acceptors (Lipinski definition) is 5. The lowest BCUT2D eigenvalue weighted by Crippen LogP contribution is -2.49. The fourth-order valence-electron chi connectivity index (χ4n) is 1.90. The van der Waals surface area contributed by atoms with Crippen molar-refractivity contribution in [3.63, 3.8) is 0 Å². The Morgan fingerprint density at radius 3 is 2.45 bits per heavy atom. The molecule has 0 radical (unpaired) electrons. The average molecular weight is 288 g/mol. The molecule has 0 unspecified atom stereocenters. The molecule has 1 aliphatic rings. The summed E-state index contributed by atoms with van der Waals surface area (Å²) in [6, 6.07) is -0.592. The van der Waals surface area contributed by atoms with Gasteiger partial charge in [0.25, 0.3) is 0 Å². The molecule has 0 spiro atoms. The van der Waals surface area contributed by atoms with Gasteiger partial charge in [0.1, 0.15) is 6.54 Å². The number of carboxylic acid groups (broad SMARTS) is 1. The quantitative estimate of drug-likeness (QED) is 0.580. The molecule has 2 amide bonds. The molecule has 3 N–H and O–H groups in total. The number of ether oxygens (including phenoxy) is 2. The number of esters is 1. The number of hydrogen-bond donors (Lipinski definition) is 3. The number of carbonyl (C=O) groups excluding carboxylic acids is 2. The molecule has 20 heavy (non-hydrogen) atoms. The maximum Gasteiger partial charge on any atom is 0.325 e. The van der Waals surface area contributed by atoms with E-state index in [-0.39, 0.29) is 19.7 Å². The van der Waals surface area contributed by atoms with Crippen LogP contribution < -0.4 is 10.6 Å². The van der Waals surface area contributed by atoms with E-state index < -0.39 is 23.4 Å². The monoisotopic (exact) mass is 288 g/mol. The van der Waals surface area contributed by atoms with Crippen LogP contribution in [-0.2, 0) is 19.1 Å². The number of rotatable bonds is 6. The number of aliphatic carboxylic acids is 1. The SMILES string of the molecule is CCOC(=O)CNC(=O)NCC1(C(=O)O)CCOCC1. The van der Waals surface area contributed by atoms with Gasteiger partial charge >= 0.3 is 18.0 Å². The maximum atomic E-state index is 11.5. The summed E-state index contributed by atoms with van der Waals surface area (Å²) in [5, 5.41) is 14.1. The van der Waals surface area contributed by atoms with Gasteiger partial charge in [-0.2, -0.15) is 0 Å². The minimum Gasteiger partial charge on any atom is -0.481 e. The van der Waals surface area contributed by atoms with Crippen LogP contribution in [-0.4, -0.2) is 56.0 Å². The van der Waals surface area contributed by atoms with Gasteiger partial charge in [0.15, 0.2) is 0 Å². The highest BCUT2D eigenvalue weighted by molar-refractivity contribution is 5.81. The van der Waals surface area contributed by atoms with Gasteiger partial charge in [-0.25, -0.2) is 4.79 Å². The summed E-state index contributed by atoms with van der Waals surface area (Å²) >= 11 is 0. The fraction of sp³-hybridized carbons (Fsp3) is 0.750. The lowest BCUT2D eigenvalue weighted by Gasteiger charge is -2.33. The molecule has 0 aromatic heterocycles. The zero-order chi connectivity index (χ0) is 15.0. The van der Waals surface area contributed by atoms with Gasteiger partial charge in [-0.05, 0) is 19.8 Å². The van der Waals surface area contributed by atoms with Gasteiger partial charge in [-0.15, -0.1) is 0 Å². The van der Waals surface area contributed by atoms with Gasteiger partial charge in [-0.1, -0.05) is 0 Å². The van der Waals surface area contributed by atoms with E-state index in [0.717, 1.165) is 0 Å². The van der Waals surface area contributed by atoms with Crippen LogP contribution in [0, 0.1) is 5.41 Å². The van der Waals surface area contributed by atoms with Crippen molar-refractivity contribution in [1.29, 1.82) is 0 Å². The molecular weight excluding hydrogens is 268 g/mol. The van der Waals surface area contributed by atoms with E-state index in [9.17, 15) is 19.5 Å². The summed E-state index contributed by atoms with van der Waals surface area (Å²) in [4.78, 5) is 33.9. The molecule has 0 atom stereocenters. The first-order valence-corrected chi connectivity index (χ1v) is 6.48. The summed E-state index contributed by atoms with van der Waals surface area (Å²) in [5.74, 6) is -1.49. The molecule has 8 nitrogen and oxygen atoms in total. The normalized spacial score (nSPS) is 17.1. The molecule has 1 aliphatic heterocycles. The Hall–Kier alpha value is -1.83. The van der Waals surface area contributed by atoms with Gasteiger partial charge in [0, 0.05) is 19.8 Å². The van der Waals surface area contributed by atoms with Crippen LogP contribution in [0.3, 0.4) is 0 Å². The molecule has 1 saturated heterocycles. The van der Waals surface area contributed by atoms with E-state index in [1.54, 1.807) is 6.92 Å². The zero-order valence-electron chi connectivity index (χ0n) is 11.4. The third-order valence-corrected chi connectivity index (χ3v) is 3.19. The van der Waals surface area contributed by atoms with Crippen LogP contribution in [0.2, 0.25) is 0 Å². The van der Waals surface area contributed by atoms with Crippen molar-refractivity contribution in [2.75, 3.05) is 32.9 Å². The highest BCUT2D eigenvalue weighted by atomic mass is 16.5. The molecule has 1 fully saturated rings. The van der Waals surface area contributed by atoms with Crippen molar-refractivity contribution in [3.05, 3.63) is 0 Å². The van der Waals surface area contributed by atoms with Crippen LogP contribution in [0.25, 0.3) is 0 Å². The number of urea groups is 1. The number of carboxylic acids is 1. The summed E-state index contributed by atoms with van der Waals surface area (Å²) in [6.07, 6.45) is 0.695. The minimum atomic E-state index is -1.00. The molecule has 0 aliphatic carbocycles. The largest absolute Gasteiger partial charge is 0.481 e. The third kappa shape index (κ3) is 4.69. The summed E-state index contributed by atoms with van der Waals surface area (Å²) in [6.45, 7) is 2.38. The van der Waals surface area contributed by atoms with Crippen LogP contribution in [0.1, 0.15) is 19.8 Å². The molecule has 0 bridgehead atoms. The molecule has 8 heteroatoms. The topological polar surface area (TPSA) is 114 Å². The Balaban J connectivity index is 2.38. The Morgan fingerprint density at radius 1 is 1.25 bits per heavy atom. The lowest BCUT2D eigenvalue weighted by atomic mass is 9.80. The van der Waals surface area contributed by atoms with E-state index >= 15 is 0 Å². The van der Waals surface area contributed by atoms with E-state index in [2.05, 4.69) is 15.4 Å². The molecule has 1 rings (SSSR count). The molecule has 0 aromatic carbocycles. The van der Waals surface area contributed by atoms with E-state index in [1.165, 1.54) is 0 Å². The van der Waals surface area contributed by atoms with Crippen molar-refractivity contribution in [2.24, 2.45) is 5.41 Å². The fourth-order valence-corrected chi connectivity index (χ4v) is 1.90. The van der Waals surface area contributed by atoms with Gasteiger partial charge in [0.2, 0.25) is 0 Å². The van der Waals surface area contributed by atoms with Gasteiger partial charge in [0.05, 0.1) is 12.0 Å². The predicted octanol–water partition coefficient (Wildman–Crippen LogP) is -0.270. The second-order valence-corrected chi connectivity index (χ2v) is 4.54. The first-order chi connectivity index (χ1) is 9.50. The second-order valence-electron chi connectivity index (χ2n) is 4.54. The zero-order valence-corrected chi connectivity index (χ0v) is 11.4. The van der Waals surface area contributed by atoms with Gasteiger partial charge in [-0.3, -0.25) is 9.59 Å². The summed E-state index contributed by atoms with van der Waals surface area (Å²) in [7, 11) is 0. The number of nitrogens with one attached hydrogen (secondary N) is 2. The molecular formula is C12H20N2O6. The predicted molar refractivity (Wildman–Crippen MR) is 68.2 cm³/mol. The van der Waals surface area contributed by atoms with Crippen molar-refractivity contribution < 1.29 is 29.0 Å². The molecule has 0 saturated carbocycles. The first-order valence-electron chi connectivity index (χ1n) is 6.48.